The molecular weight excluding hydrogens is 226 g/mol. The summed E-state index contributed by atoms with van der Waals surface area (Å²) < 4.78 is 0. The van der Waals surface area contributed by atoms with Gasteiger partial charge in [-0.15, -0.1) is 0 Å². The summed E-state index contributed by atoms with van der Waals surface area (Å²) >= 11 is 0. The van der Waals surface area contributed by atoms with E-state index in [1.54, 1.807) is 25.1 Å². The third-order valence-electron chi connectivity index (χ3n) is 2.91. The molecule has 4 nitrogen and oxygen atoms in total. The van der Waals surface area contributed by atoms with E-state index >= 15 is 0 Å². The SMILES string of the molecule is C[C@H](N)C(=O)N(C)Cc1nccc2ccccc12. The van der Waals surface area contributed by atoms with Gasteiger partial charge >= 0.3 is 0 Å². The lowest BCUT2D eigenvalue weighted by Crippen LogP contribution is -2.39. The largest absolute Gasteiger partial charge is 0.338 e. The first-order valence-electron chi connectivity index (χ1n) is 5.93. The first-order valence-corrected chi connectivity index (χ1v) is 5.93. The molecule has 18 heavy (non-hydrogen) atoms. The van der Waals surface area contributed by atoms with Gasteiger partial charge in [0.15, 0.2) is 0 Å². The summed E-state index contributed by atoms with van der Waals surface area (Å²) in [5, 5.41) is 2.20. The van der Waals surface area contributed by atoms with Crippen LogP contribution in [0.1, 0.15) is 12.6 Å². The van der Waals surface area contributed by atoms with Crippen molar-refractivity contribution >= 4 is 16.7 Å². The van der Waals surface area contributed by atoms with Gasteiger partial charge < -0.3 is 10.6 Å². The highest BCUT2D eigenvalue weighted by atomic mass is 16.2. The number of nitrogens with zero attached hydrogens (tertiary/aromatic N) is 2. The molecule has 0 spiro atoms. The minimum atomic E-state index is -0.482. The predicted molar refractivity (Wildman–Crippen MR) is 71.9 cm³/mol. The van der Waals surface area contributed by atoms with E-state index in [1.165, 1.54) is 0 Å². The Labute approximate surface area is 106 Å². The molecule has 2 rings (SSSR count). The second kappa shape index (κ2) is 5.14. The van der Waals surface area contributed by atoms with Gasteiger partial charge in [0, 0.05) is 18.6 Å². The fourth-order valence-corrected chi connectivity index (χ4v) is 1.96. The smallest absolute Gasteiger partial charge is 0.239 e. The monoisotopic (exact) mass is 243 g/mol. The van der Waals surface area contributed by atoms with Crippen LogP contribution in [0.25, 0.3) is 10.8 Å². The van der Waals surface area contributed by atoms with Crippen molar-refractivity contribution in [3.8, 4) is 0 Å². The maximum atomic E-state index is 11.8. The quantitative estimate of drug-likeness (QED) is 0.889. The molecule has 0 unspecified atom stereocenters. The first kappa shape index (κ1) is 12.5. The zero-order valence-electron chi connectivity index (χ0n) is 10.6. The van der Waals surface area contributed by atoms with Crippen LogP contribution in [-0.2, 0) is 11.3 Å². The van der Waals surface area contributed by atoms with Crippen LogP contribution in [0.5, 0.6) is 0 Å². The maximum absolute atomic E-state index is 11.8. The fourth-order valence-electron chi connectivity index (χ4n) is 1.96. The van der Waals surface area contributed by atoms with Crippen LogP contribution in [0.15, 0.2) is 36.5 Å². The Morgan fingerprint density at radius 3 is 2.83 bits per heavy atom. The Hall–Kier alpha value is -1.94. The number of rotatable bonds is 3. The molecule has 0 aliphatic rings. The third-order valence-corrected chi connectivity index (χ3v) is 2.91. The summed E-state index contributed by atoms with van der Waals surface area (Å²) in [6.45, 7) is 2.16. The molecule has 94 valence electrons. The average molecular weight is 243 g/mol. The van der Waals surface area contributed by atoms with Gasteiger partial charge in [0.05, 0.1) is 18.3 Å². The minimum Gasteiger partial charge on any atom is -0.338 e. The number of likely N-dealkylation sites (N-methyl/N-ethyl adjacent to an activating group) is 1. The molecular formula is C14H17N3O. The van der Waals surface area contributed by atoms with Crippen molar-refractivity contribution in [2.45, 2.75) is 19.5 Å². The van der Waals surface area contributed by atoms with E-state index in [2.05, 4.69) is 4.98 Å². The van der Waals surface area contributed by atoms with Crippen LogP contribution in [0.2, 0.25) is 0 Å². The van der Waals surface area contributed by atoms with Crippen molar-refractivity contribution in [2.24, 2.45) is 5.73 Å². The standard InChI is InChI=1S/C14H17N3O/c1-10(15)14(18)17(2)9-13-12-6-4-3-5-11(12)7-8-16-13/h3-8,10H,9,15H2,1-2H3/t10-/m0/s1. The van der Waals surface area contributed by atoms with Crippen molar-refractivity contribution in [3.63, 3.8) is 0 Å². The topological polar surface area (TPSA) is 59.2 Å². The lowest BCUT2D eigenvalue weighted by atomic mass is 10.1. The van der Waals surface area contributed by atoms with Crippen molar-refractivity contribution in [2.75, 3.05) is 7.05 Å². The Bertz CT molecular complexity index is 560. The lowest BCUT2D eigenvalue weighted by Gasteiger charge is -2.19. The number of carbonyl (C=O) groups is 1. The van der Waals surface area contributed by atoms with Crippen LogP contribution in [0.4, 0.5) is 0 Å². The molecule has 0 saturated carbocycles. The highest BCUT2D eigenvalue weighted by Crippen LogP contribution is 2.17. The number of nitrogens with two attached hydrogens (primary N) is 1. The lowest BCUT2D eigenvalue weighted by molar-refractivity contribution is -0.131. The Kier molecular flexibility index (Phi) is 3.58. The number of hydrogen-bond acceptors (Lipinski definition) is 3. The minimum absolute atomic E-state index is 0.0789. The number of aromatic nitrogens is 1. The van der Waals surface area contributed by atoms with Crippen LogP contribution in [0, 0.1) is 0 Å². The first-order chi connectivity index (χ1) is 8.59. The Morgan fingerprint density at radius 2 is 2.11 bits per heavy atom. The van der Waals surface area contributed by atoms with Gasteiger partial charge in [0.1, 0.15) is 0 Å². The van der Waals surface area contributed by atoms with Crippen LogP contribution >= 0.6 is 0 Å². The molecule has 1 aromatic carbocycles. The van der Waals surface area contributed by atoms with Gasteiger partial charge in [0.2, 0.25) is 5.91 Å². The summed E-state index contributed by atoms with van der Waals surface area (Å²) in [5.74, 6) is -0.0789. The van der Waals surface area contributed by atoms with Gasteiger partial charge in [-0.2, -0.15) is 0 Å². The van der Waals surface area contributed by atoms with E-state index in [9.17, 15) is 4.79 Å². The second-order valence-electron chi connectivity index (χ2n) is 4.46. The number of pyridine rings is 1. The number of carbonyl (C=O) groups excluding carboxylic acids is 1. The fraction of sp³-hybridized carbons (Fsp3) is 0.286. The van der Waals surface area contributed by atoms with Crippen LogP contribution in [0.3, 0.4) is 0 Å². The average Bonchev–Trinajstić information content (AvgIpc) is 2.38. The van der Waals surface area contributed by atoms with Crippen molar-refractivity contribution in [1.29, 1.82) is 0 Å². The van der Waals surface area contributed by atoms with E-state index in [1.807, 2.05) is 30.3 Å². The van der Waals surface area contributed by atoms with Gasteiger partial charge in [0.25, 0.3) is 0 Å². The van der Waals surface area contributed by atoms with Crippen LogP contribution in [-0.4, -0.2) is 28.9 Å². The summed E-state index contributed by atoms with van der Waals surface area (Å²) in [5.41, 5.74) is 6.48. The maximum Gasteiger partial charge on any atom is 0.239 e. The normalized spacial score (nSPS) is 12.4. The summed E-state index contributed by atoms with van der Waals surface area (Å²) in [4.78, 5) is 17.7. The number of hydrogen-bond donors (Lipinski definition) is 1. The molecule has 0 radical (unpaired) electrons. The molecule has 0 bridgehead atoms. The van der Waals surface area contributed by atoms with Crippen molar-refractivity contribution in [1.82, 2.24) is 9.88 Å². The molecule has 2 aromatic rings. The summed E-state index contributed by atoms with van der Waals surface area (Å²) in [6.07, 6.45) is 1.77. The van der Waals surface area contributed by atoms with E-state index < -0.39 is 6.04 Å². The molecule has 4 heteroatoms. The van der Waals surface area contributed by atoms with Gasteiger partial charge in [-0.05, 0) is 18.4 Å². The van der Waals surface area contributed by atoms with Crippen LogP contribution < -0.4 is 5.73 Å². The van der Waals surface area contributed by atoms with E-state index in [0.717, 1.165) is 16.5 Å². The molecule has 0 saturated heterocycles. The van der Waals surface area contributed by atoms with Crippen molar-refractivity contribution in [3.05, 3.63) is 42.2 Å². The molecule has 2 N–H and O–H groups in total. The molecule has 1 atom stereocenters. The van der Waals surface area contributed by atoms with Crippen molar-refractivity contribution < 1.29 is 4.79 Å². The van der Waals surface area contributed by atoms with Gasteiger partial charge in [-0.25, -0.2) is 0 Å². The third kappa shape index (κ3) is 2.49. The predicted octanol–water partition coefficient (Wildman–Crippen LogP) is 1.54. The molecule has 1 aromatic heterocycles. The van der Waals surface area contributed by atoms with Gasteiger partial charge in [-0.3, -0.25) is 9.78 Å². The van der Waals surface area contributed by atoms with E-state index in [0.29, 0.717) is 6.54 Å². The Balaban J connectivity index is 2.29. The molecule has 0 aliphatic heterocycles. The molecule has 0 fully saturated rings. The summed E-state index contributed by atoms with van der Waals surface area (Å²) in [6, 6.07) is 9.50. The second-order valence-corrected chi connectivity index (χ2v) is 4.46. The zero-order valence-corrected chi connectivity index (χ0v) is 10.6. The number of fused-ring (bicyclic) bond motifs is 1. The molecule has 1 amide bonds. The highest BCUT2D eigenvalue weighted by Gasteiger charge is 2.14. The molecule has 0 aliphatic carbocycles. The number of amides is 1. The van der Waals surface area contributed by atoms with Gasteiger partial charge in [-0.1, -0.05) is 24.3 Å². The van der Waals surface area contributed by atoms with E-state index in [-0.39, 0.29) is 5.91 Å². The summed E-state index contributed by atoms with van der Waals surface area (Å²) in [7, 11) is 1.75. The van der Waals surface area contributed by atoms with E-state index in [4.69, 9.17) is 5.73 Å². The molecule has 1 heterocycles. The number of benzene rings is 1. The highest BCUT2D eigenvalue weighted by molar-refractivity contribution is 5.85. The Morgan fingerprint density at radius 1 is 1.39 bits per heavy atom. The zero-order chi connectivity index (χ0) is 13.1.